The van der Waals surface area contributed by atoms with Gasteiger partial charge in [-0.2, -0.15) is 0 Å². The normalized spacial score (nSPS) is 12.3. The number of aromatic nitrogens is 2. The van der Waals surface area contributed by atoms with Gasteiger partial charge in [0, 0.05) is 26.2 Å². The first-order valence-electron chi connectivity index (χ1n) is 6.51. The second-order valence-electron chi connectivity index (χ2n) is 4.58. The zero-order valence-corrected chi connectivity index (χ0v) is 11.8. The van der Waals surface area contributed by atoms with E-state index in [1.54, 1.807) is 13.3 Å². The Hall–Kier alpha value is -1.36. The molecule has 2 N–H and O–H groups in total. The van der Waals surface area contributed by atoms with E-state index < -0.39 is 0 Å². The summed E-state index contributed by atoms with van der Waals surface area (Å²) in [6, 6.07) is 0. The van der Waals surface area contributed by atoms with E-state index in [-0.39, 0.29) is 6.10 Å². The van der Waals surface area contributed by atoms with Crippen molar-refractivity contribution in [1.29, 1.82) is 0 Å². The number of hydrogen-bond donors (Lipinski definition) is 2. The van der Waals surface area contributed by atoms with Crippen LogP contribution in [-0.2, 0) is 6.42 Å². The second-order valence-corrected chi connectivity index (χ2v) is 4.58. The summed E-state index contributed by atoms with van der Waals surface area (Å²) < 4.78 is 0. The number of hydrogen-bond acceptors (Lipinski definition) is 5. The Bertz CT molecular complexity index is 368. The Morgan fingerprint density at radius 1 is 1.44 bits per heavy atom. The standard InChI is InChI=1S/C13H24N4O/c1-5-6-11-12(14-3)15-9-16-13(11)17(4)8-7-10(2)18/h9-10,18H,5-8H2,1-4H3,(H,14,15,16). The van der Waals surface area contributed by atoms with E-state index in [1.807, 2.05) is 14.1 Å². The quantitative estimate of drug-likeness (QED) is 0.773. The first-order chi connectivity index (χ1) is 8.60. The molecule has 18 heavy (non-hydrogen) atoms. The van der Waals surface area contributed by atoms with Crippen LogP contribution >= 0.6 is 0 Å². The number of nitrogens with one attached hydrogen (secondary N) is 1. The predicted octanol–water partition coefficient (Wildman–Crippen LogP) is 1.68. The fourth-order valence-electron chi connectivity index (χ4n) is 1.91. The molecule has 0 aliphatic carbocycles. The van der Waals surface area contributed by atoms with Crippen LogP contribution in [0.5, 0.6) is 0 Å². The zero-order chi connectivity index (χ0) is 13.5. The lowest BCUT2D eigenvalue weighted by molar-refractivity contribution is 0.187. The number of nitrogens with zero attached hydrogens (tertiary/aromatic N) is 3. The Morgan fingerprint density at radius 2 is 2.17 bits per heavy atom. The van der Waals surface area contributed by atoms with Crippen LogP contribution in [0.1, 0.15) is 32.3 Å². The maximum atomic E-state index is 9.35. The summed E-state index contributed by atoms with van der Waals surface area (Å²) >= 11 is 0. The molecule has 102 valence electrons. The van der Waals surface area contributed by atoms with Crippen molar-refractivity contribution in [2.75, 3.05) is 30.9 Å². The van der Waals surface area contributed by atoms with Gasteiger partial charge in [-0.15, -0.1) is 0 Å². The maximum absolute atomic E-state index is 9.35. The van der Waals surface area contributed by atoms with Crippen LogP contribution in [0.3, 0.4) is 0 Å². The van der Waals surface area contributed by atoms with Gasteiger partial charge < -0.3 is 15.3 Å². The average molecular weight is 252 g/mol. The van der Waals surface area contributed by atoms with Gasteiger partial charge in [-0.05, 0) is 19.8 Å². The van der Waals surface area contributed by atoms with Crippen molar-refractivity contribution in [2.45, 2.75) is 39.2 Å². The number of rotatable bonds is 7. The lowest BCUT2D eigenvalue weighted by atomic mass is 10.1. The van der Waals surface area contributed by atoms with E-state index >= 15 is 0 Å². The molecule has 0 fully saturated rings. The molecule has 1 aromatic heterocycles. The lowest BCUT2D eigenvalue weighted by Crippen LogP contribution is -2.24. The van der Waals surface area contributed by atoms with E-state index in [9.17, 15) is 5.11 Å². The predicted molar refractivity (Wildman–Crippen MR) is 75.1 cm³/mol. The van der Waals surface area contributed by atoms with Gasteiger partial charge in [-0.1, -0.05) is 13.3 Å². The van der Waals surface area contributed by atoms with Crippen molar-refractivity contribution in [3.05, 3.63) is 11.9 Å². The highest BCUT2D eigenvalue weighted by Gasteiger charge is 2.13. The zero-order valence-electron chi connectivity index (χ0n) is 11.8. The van der Waals surface area contributed by atoms with Crippen LogP contribution in [0.25, 0.3) is 0 Å². The largest absolute Gasteiger partial charge is 0.393 e. The lowest BCUT2D eigenvalue weighted by Gasteiger charge is -2.22. The molecule has 0 saturated heterocycles. The summed E-state index contributed by atoms with van der Waals surface area (Å²) in [5.41, 5.74) is 1.15. The van der Waals surface area contributed by atoms with Gasteiger partial charge in [-0.25, -0.2) is 9.97 Å². The van der Waals surface area contributed by atoms with Crippen molar-refractivity contribution in [3.8, 4) is 0 Å². The first kappa shape index (κ1) is 14.7. The second kappa shape index (κ2) is 7.16. The van der Waals surface area contributed by atoms with E-state index in [0.717, 1.165) is 43.0 Å². The maximum Gasteiger partial charge on any atom is 0.137 e. The molecule has 0 radical (unpaired) electrons. The summed E-state index contributed by atoms with van der Waals surface area (Å²) in [5.74, 6) is 1.85. The van der Waals surface area contributed by atoms with Gasteiger partial charge in [0.05, 0.1) is 6.10 Å². The third kappa shape index (κ3) is 3.84. The van der Waals surface area contributed by atoms with E-state index in [0.29, 0.717) is 0 Å². The molecule has 1 heterocycles. The molecule has 0 saturated carbocycles. The first-order valence-corrected chi connectivity index (χ1v) is 6.51. The highest BCUT2D eigenvalue weighted by atomic mass is 16.3. The molecule has 0 spiro atoms. The Kier molecular flexibility index (Phi) is 5.85. The molecule has 0 aromatic carbocycles. The van der Waals surface area contributed by atoms with E-state index in [2.05, 4.69) is 27.1 Å². The van der Waals surface area contributed by atoms with Crippen molar-refractivity contribution in [3.63, 3.8) is 0 Å². The Balaban J connectivity index is 2.91. The van der Waals surface area contributed by atoms with Crippen molar-refractivity contribution < 1.29 is 5.11 Å². The minimum Gasteiger partial charge on any atom is -0.393 e. The summed E-state index contributed by atoms with van der Waals surface area (Å²) in [4.78, 5) is 10.7. The minimum atomic E-state index is -0.285. The van der Waals surface area contributed by atoms with Gasteiger partial charge in [0.25, 0.3) is 0 Å². The molecule has 0 amide bonds. The summed E-state index contributed by atoms with van der Waals surface area (Å²) in [5, 5.41) is 12.5. The fourth-order valence-corrected chi connectivity index (χ4v) is 1.91. The van der Waals surface area contributed by atoms with E-state index in [4.69, 9.17) is 0 Å². The third-order valence-electron chi connectivity index (χ3n) is 2.90. The van der Waals surface area contributed by atoms with Crippen molar-refractivity contribution in [2.24, 2.45) is 0 Å². The average Bonchev–Trinajstić information content (AvgIpc) is 2.36. The number of aliphatic hydroxyl groups is 1. The van der Waals surface area contributed by atoms with E-state index in [1.165, 1.54) is 0 Å². The summed E-state index contributed by atoms with van der Waals surface area (Å²) in [7, 11) is 3.88. The van der Waals surface area contributed by atoms with Gasteiger partial charge in [-0.3, -0.25) is 0 Å². The number of anilines is 2. The van der Waals surface area contributed by atoms with Crippen LogP contribution in [0.4, 0.5) is 11.6 Å². The molecule has 1 atom stereocenters. The van der Waals surface area contributed by atoms with Crippen LogP contribution in [0.2, 0.25) is 0 Å². The molecule has 1 rings (SSSR count). The highest BCUT2D eigenvalue weighted by molar-refractivity contribution is 5.58. The molecule has 0 aliphatic rings. The fraction of sp³-hybridized carbons (Fsp3) is 0.692. The monoisotopic (exact) mass is 252 g/mol. The molecule has 1 aromatic rings. The summed E-state index contributed by atoms with van der Waals surface area (Å²) in [6.45, 7) is 4.74. The molecule has 1 unspecified atom stereocenters. The minimum absolute atomic E-state index is 0.285. The third-order valence-corrected chi connectivity index (χ3v) is 2.90. The molecular weight excluding hydrogens is 228 g/mol. The smallest absolute Gasteiger partial charge is 0.137 e. The van der Waals surface area contributed by atoms with Crippen LogP contribution < -0.4 is 10.2 Å². The molecule has 0 bridgehead atoms. The van der Waals surface area contributed by atoms with Crippen LogP contribution in [0, 0.1) is 0 Å². The topological polar surface area (TPSA) is 61.3 Å². The molecule has 5 nitrogen and oxygen atoms in total. The molecule has 0 aliphatic heterocycles. The summed E-state index contributed by atoms with van der Waals surface area (Å²) in [6.07, 6.45) is 4.04. The molecule has 5 heteroatoms. The van der Waals surface area contributed by atoms with Gasteiger partial charge in [0.1, 0.15) is 18.0 Å². The Morgan fingerprint density at radius 3 is 2.72 bits per heavy atom. The Labute approximate surface area is 109 Å². The highest BCUT2D eigenvalue weighted by Crippen LogP contribution is 2.24. The van der Waals surface area contributed by atoms with Gasteiger partial charge in [0.15, 0.2) is 0 Å². The van der Waals surface area contributed by atoms with Crippen molar-refractivity contribution in [1.82, 2.24) is 9.97 Å². The van der Waals surface area contributed by atoms with Crippen LogP contribution in [0.15, 0.2) is 6.33 Å². The van der Waals surface area contributed by atoms with Crippen LogP contribution in [-0.4, -0.2) is 41.8 Å². The SMILES string of the molecule is CCCc1c(NC)ncnc1N(C)CCC(C)O. The van der Waals surface area contributed by atoms with Crippen molar-refractivity contribution >= 4 is 11.6 Å². The van der Waals surface area contributed by atoms with Gasteiger partial charge in [0.2, 0.25) is 0 Å². The van der Waals surface area contributed by atoms with Gasteiger partial charge >= 0.3 is 0 Å². The number of aliphatic hydroxyl groups excluding tert-OH is 1. The molecular formula is C13H24N4O.